The predicted octanol–water partition coefficient (Wildman–Crippen LogP) is 9.58. The standard InChI is InChI=1S/C21H12Cl4N4S/c22-13-10-15(23)19(16(24)11-13)28-29-21-18(25)17(12-6-8-26-9-7-12)20(30-21)27-14-4-2-1-3-5-14/h1-11,27H. The molecule has 0 aliphatic carbocycles. The van der Waals surface area contributed by atoms with Crippen molar-refractivity contribution < 1.29 is 0 Å². The number of nitrogens with zero attached hydrogens (tertiary/aromatic N) is 3. The van der Waals surface area contributed by atoms with E-state index < -0.39 is 0 Å². The summed E-state index contributed by atoms with van der Waals surface area (Å²) < 4.78 is 0. The van der Waals surface area contributed by atoms with Crippen molar-refractivity contribution in [3.8, 4) is 11.1 Å². The highest BCUT2D eigenvalue weighted by molar-refractivity contribution is 7.21. The Morgan fingerprint density at radius 1 is 0.833 bits per heavy atom. The Labute approximate surface area is 197 Å². The van der Waals surface area contributed by atoms with Crippen LogP contribution in [0.15, 0.2) is 77.2 Å². The summed E-state index contributed by atoms with van der Waals surface area (Å²) in [5, 5.41) is 14.8. The molecule has 4 aromatic rings. The van der Waals surface area contributed by atoms with E-state index in [1.54, 1.807) is 24.5 Å². The van der Waals surface area contributed by atoms with Gasteiger partial charge in [-0.05, 0) is 42.0 Å². The van der Waals surface area contributed by atoms with Crippen LogP contribution < -0.4 is 5.32 Å². The Balaban J connectivity index is 1.78. The van der Waals surface area contributed by atoms with Gasteiger partial charge in [-0.25, -0.2) is 0 Å². The summed E-state index contributed by atoms with van der Waals surface area (Å²) in [5.41, 5.74) is 2.98. The van der Waals surface area contributed by atoms with Gasteiger partial charge in [0.25, 0.3) is 0 Å². The number of thiophene rings is 1. The molecule has 0 bridgehead atoms. The van der Waals surface area contributed by atoms with Crippen LogP contribution in [0.4, 0.5) is 21.4 Å². The van der Waals surface area contributed by atoms with Gasteiger partial charge in [0.05, 0.1) is 15.1 Å². The maximum absolute atomic E-state index is 6.71. The van der Waals surface area contributed by atoms with Crippen LogP contribution in [0, 0.1) is 0 Å². The second kappa shape index (κ2) is 9.33. The summed E-state index contributed by atoms with van der Waals surface area (Å²) in [4.78, 5) is 4.08. The Hall–Kier alpha value is -2.15. The van der Waals surface area contributed by atoms with E-state index in [0.717, 1.165) is 21.8 Å². The Kier molecular flexibility index (Phi) is 6.56. The van der Waals surface area contributed by atoms with Gasteiger partial charge in [0, 0.05) is 28.7 Å². The highest BCUT2D eigenvalue weighted by atomic mass is 35.5. The molecule has 2 aromatic carbocycles. The summed E-state index contributed by atoms with van der Waals surface area (Å²) in [6, 6.07) is 16.7. The van der Waals surface area contributed by atoms with E-state index in [0.29, 0.717) is 30.8 Å². The van der Waals surface area contributed by atoms with Crippen molar-refractivity contribution in [3.63, 3.8) is 0 Å². The number of pyridine rings is 1. The number of rotatable bonds is 5. The van der Waals surface area contributed by atoms with Gasteiger partial charge in [-0.15, -0.1) is 10.2 Å². The third-order valence-electron chi connectivity index (χ3n) is 4.06. The van der Waals surface area contributed by atoms with Crippen LogP contribution in [0.5, 0.6) is 0 Å². The molecule has 4 nitrogen and oxygen atoms in total. The molecule has 1 N–H and O–H groups in total. The van der Waals surface area contributed by atoms with Crippen molar-refractivity contribution >= 4 is 79.1 Å². The van der Waals surface area contributed by atoms with Crippen molar-refractivity contribution in [1.82, 2.24) is 4.98 Å². The van der Waals surface area contributed by atoms with E-state index in [1.807, 2.05) is 42.5 Å². The number of hydrogen-bond donors (Lipinski definition) is 1. The van der Waals surface area contributed by atoms with Gasteiger partial charge in [0.1, 0.15) is 10.7 Å². The Morgan fingerprint density at radius 3 is 2.17 bits per heavy atom. The fourth-order valence-corrected chi connectivity index (χ4v) is 4.97. The SMILES string of the molecule is Clc1cc(Cl)c(N=Nc2sc(Nc3ccccc3)c(-c3ccncc3)c2Cl)c(Cl)c1. The van der Waals surface area contributed by atoms with Gasteiger partial charge >= 0.3 is 0 Å². The molecule has 2 heterocycles. The lowest BCUT2D eigenvalue weighted by molar-refractivity contribution is 1.25. The number of halogens is 4. The molecule has 0 aliphatic heterocycles. The van der Waals surface area contributed by atoms with Crippen molar-refractivity contribution in [2.75, 3.05) is 5.32 Å². The normalized spacial score (nSPS) is 11.2. The lowest BCUT2D eigenvalue weighted by Crippen LogP contribution is -1.89. The second-order valence-electron chi connectivity index (χ2n) is 6.07. The molecule has 0 atom stereocenters. The number of hydrogen-bond acceptors (Lipinski definition) is 5. The molecule has 4 rings (SSSR count). The molecule has 0 spiro atoms. The number of para-hydroxylation sites is 1. The quantitative estimate of drug-likeness (QED) is 0.281. The predicted molar refractivity (Wildman–Crippen MR) is 128 cm³/mol. The number of nitrogens with one attached hydrogen (secondary N) is 1. The van der Waals surface area contributed by atoms with Gasteiger partial charge in [-0.2, -0.15) is 0 Å². The molecular formula is C21H12Cl4N4S. The number of anilines is 2. The van der Waals surface area contributed by atoms with E-state index in [1.165, 1.54) is 11.3 Å². The molecule has 0 fully saturated rings. The zero-order chi connectivity index (χ0) is 21.1. The molecule has 0 aliphatic rings. The van der Waals surface area contributed by atoms with E-state index in [-0.39, 0.29) is 0 Å². The van der Waals surface area contributed by atoms with Crippen LogP contribution in [0.2, 0.25) is 20.1 Å². The molecule has 0 unspecified atom stereocenters. The first-order valence-corrected chi connectivity index (χ1v) is 11.0. The van der Waals surface area contributed by atoms with Gasteiger partial charge in [0.2, 0.25) is 0 Å². The zero-order valence-corrected chi connectivity index (χ0v) is 19.0. The fraction of sp³-hybridized carbons (Fsp3) is 0. The molecule has 0 amide bonds. The summed E-state index contributed by atoms with van der Waals surface area (Å²) >= 11 is 26.5. The second-order valence-corrected chi connectivity index (χ2v) is 8.70. The summed E-state index contributed by atoms with van der Waals surface area (Å²) in [6.07, 6.45) is 3.42. The third kappa shape index (κ3) is 4.61. The molecule has 0 saturated carbocycles. The van der Waals surface area contributed by atoms with Crippen LogP contribution >= 0.6 is 57.7 Å². The average Bonchev–Trinajstić information content (AvgIpc) is 3.03. The monoisotopic (exact) mass is 492 g/mol. The first kappa shape index (κ1) is 21.1. The lowest BCUT2D eigenvalue weighted by atomic mass is 10.1. The minimum atomic E-state index is 0.306. The van der Waals surface area contributed by atoms with Gasteiger partial charge in [0.15, 0.2) is 5.00 Å². The van der Waals surface area contributed by atoms with Crippen LogP contribution in [0.3, 0.4) is 0 Å². The number of aromatic nitrogens is 1. The Morgan fingerprint density at radius 2 is 1.50 bits per heavy atom. The lowest BCUT2D eigenvalue weighted by Gasteiger charge is -2.07. The Bertz CT molecular complexity index is 1190. The highest BCUT2D eigenvalue weighted by Crippen LogP contribution is 2.50. The van der Waals surface area contributed by atoms with Gasteiger partial charge in [-0.3, -0.25) is 4.98 Å². The largest absolute Gasteiger partial charge is 0.347 e. The van der Waals surface area contributed by atoms with E-state index in [2.05, 4.69) is 20.5 Å². The topological polar surface area (TPSA) is 49.6 Å². The van der Waals surface area contributed by atoms with E-state index in [9.17, 15) is 0 Å². The maximum atomic E-state index is 6.71. The van der Waals surface area contributed by atoms with E-state index in [4.69, 9.17) is 46.4 Å². The summed E-state index contributed by atoms with van der Waals surface area (Å²) in [5.74, 6) is 0. The van der Waals surface area contributed by atoms with Crippen molar-refractivity contribution in [1.29, 1.82) is 0 Å². The molecule has 0 saturated heterocycles. The maximum Gasteiger partial charge on any atom is 0.160 e. The van der Waals surface area contributed by atoms with Crippen LogP contribution in [-0.4, -0.2) is 4.98 Å². The molecule has 30 heavy (non-hydrogen) atoms. The van der Waals surface area contributed by atoms with Crippen LogP contribution in [0.1, 0.15) is 0 Å². The molecule has 2 aromatic heterocycles. The molecule has 150 valence electrons. The third-order valence-corrected chi connectivity index (χ3v) is 6.32. The highest BCUT2D eigenvalue weighted by Gasteiger charge is 2.19. The van der Waals surface area contributed by atoms with Gasteiger partial charge < -0.3 is 5.32 Å². The van der Waals surface area contributed by atoms with Crippen LogP contribution in [-0.2, 0) is 0 Å². The number of azo groups is 1. The van der Waals surface area contributed by atoms with Crippen LogP contribution in [0.25, 0.3) is 11.1 Å². The number of benzene rings is 2. The summed E-state index contributed by atoms with van der Waals surface area (Å²) in [7, 11) is 0. The minimum absolute atomic E-state index is 0.306. The van der Waals surface area contributed by atoms with Crippen molar-refractivity contribution in [3.05, 3.63) is 87.1 Å². The smallest absolute Gasteiger partial charge is 0.160 e. The molecular weight excluding hydrogens is 482 g/mol. The van der Waals surface area contributed by atoms with Crippen molar-refractivity contribution in [2.45, 2.75) is 0 Å². The fourth-order valence-electron chi connectivity index (χ4n) is 2.71. The summed E-state index contributed by atoms with van der Waals surface area (Å²) in [6.45, 7) is 0. The minimum Gasteiger partial charge on any atom is -0.347 e. The molecule has 9 heteroatoms. The first-order chi connectivity index (χ1) is 14.5. The average molecular weight is 494 g/mol. The van der Waals surface area contributed by atoms with E-state index >= 15 is 0 Å². The first-order valence-electron chi connectivity index (χ1n) is 8.64. The molecule has 0 radical (unpaired) electrons. The van der Waals surface area contributed by atoms with Gasteiger partial charge in [-0.1, -0.05) is 75.9 Å². The van der Waals surface area contributed by atoms with Crippen molar-refractivity contribution in [2.24, 2.45) is 10.2 Å². The zero-order valence-electron chi connectivity index (χ0n) is 15.1.